The third-order valence-electron chi connectivity index (χ3n) is 7.79. The van der Waals surface area contributed by atoms with Crippen molar-refractivity contribution in [2.24, 2.45) is 0 Å². The van der Waals surface area contributed by atoms with Gasteiger partial charge < -0.3 is 4.57 Å². The second-order valence-electron chi connectivity index (χ2n) is 10.3. The van der Waals surface area contributed by atoms with E-state index >= 15 is 0 Å². The van der Waals surface area contributed by atoms with Crippen LogP contribution < -0.4 is 4.90 Å². The molecule has 5 aromatic carbocycles. The molecule has 0 saturated heterocycles. The predicted molar refractivity (Wildman–Crippen MR) is 154 cm³/mol. The number of imide groups is 1. The number of nitrogens with zero attached hydrogens (tertiary/aromatic N) is 2. The Bertz CT molecular complexity index is 2070. The van der Waals surface area contributed by atoms with Gasteiger partial charge in [0.25, 0.3) is 11.8 Å². The number of anilines is 1. The number of fused-ring (bicyclic) bond motifs is 4. The Morgan fingerprint density at radius 2 is 1.02 bits per heavy atom. The zero-order chi connectivity index (χ0) is 31.0. The van der Waals surface area contributed by atoms with Gasteiger partial charge in [-0.2, -0.15) is 26.3 Å². The van der Waals surface area contributed by atoms with Crippen LogP contribution in [0.3, 0.4) is 0 Å². The molecule has 0 unspecified atom stereocenters. The van der Waals surface area contributed by atoms with Crippen molar-refractivity contribution < 1.29 is 35.9 Å². The van der Waals surface area contributed by atoms with Crippen molar-refractivity contribution in [1.29, 1.82) is 0 Å². The fraction of sp³-hybridized carbons (Fsp3) is 0.0588. The van der Waals surface area contributed by atoms with Gasteiger partial charge in [0.2, 0.25) is 0 Å². The van der Waals surface area contributed by atoms with Crippen LogP contribution in [0.2, 0.25) is 0 Å². The van der Waals surface area contributed by atoms with Crippen LogP contribution in [-0.2, 0) is 12.4 Å². The molecule has 1 aliphatic heterocycles. The van der Waals surface area contributed by atoms with Gasteiger partial charge in [0, 0.05) is 16.3 Å². The van der Waals surface area contributed by atoms with Crippen molar-refractivity contribution in [2.75, 3.05) is 4.90 Å². The highest BCUT2D eigenvalue weighted by Gasteiger charge is 2.41. The SMILES string of the molecule is O=C1c2cccc(-n3c4cc(C(F)(F)F)ccc4c4ccc(C(F)(F)F)cc43)c2C(=O)N1c1ccccc1-c1ccccc1. The maximum atomic E-state index is 14.2. The molecule has 2 heterocycles. The summed E-state index contributed by atoms with van der Waals surface area (Å²) in [5.74, 6) is -1.42. The number of amides is 2. The molecule has 0 atom stereocenters. The minimum absolute atomic E-state index is 0.0146. The summed E-state index contributed by atoms with van der Waals surface area (Å²) in [6.07, 6.45) is -9.48. The van der Waals surface area contributed by atoms with Crippen molar-refractivity contribution in [1.82, 2.24) is 4.57 Å². The van der Waals surface area contributed by atoms with Crippen LogP contribution in [0.25, 0.3) is 38.6 Å². The molecule has 0 saturated carbocycles. The molecule has 4 nitrogen and oxygen atoms in total. The fourth-order valence-electron chi connectivity index (χ4n) is 5.83. The topological polar surface area (TPSA) is 42.3 Å². The molecule has 1 aromatic heterocycles. The summed E-state index contributed by atoms with van der Waals surface area (Å²) in [6.45, 7) is 0. The molecule has 10 heteroatoms. The zero-order valence-electron chi connectivity index (χ0n) is 22.4. The van der Waals surface area contributed by atoms with Crippen molar-refractivity contribution in [3.8, 4) is 16.8 Å². The molecule has 0 fully saturated rings. The van der Waals surface area contributed by atoms with Crippen molar-refractivity contribution in [3.63, 3.8) is 0 Å². The van der Waals surface area contributed by atoms with Gasteiger partial charge >= 0.3 is 12.4 Å². The van der Waals surface area contributed by atoms with Crippen molar-refractivity contribution in [3.05, 3.63) is 131 Å². The normalized spacial score (nSPS) is 13.7. The van der Waals surface area contributed by atoms with E-state index in [1.165, 1.54) is 34.9 Å². The predicted octanol–water partition coefficient (Wildman–Crippen LogP) is 9.29. The standard InChI is InChI=1S/C34H18F6N2O2/c35-33(36,37)20-13-15-23-24-16-14-21(34(38,39)40)18-29(24)41(28(23)17-20)27-12-6-10-25-30(27)32(44)42(31(25)43)26-11-5-4-9-22(26)19-7-2-1-3-8-19/h1-18H. The third-order valence-corrected chi connectivity index (χ3v) is 7.79. The van der Waals surface area contributed by atoms with Crippen LogP contribution in [0.15, 0.2) is 109 Å². The summed E-state index contributed by atoms with van der Waals surface area (Å²) in [5, 5.41) is 0.504. The first-order valence-electron chi connectivity index (χ1n) is 13.3. The van der Waals surface area contributed by atoms with E-state index in [-0.39, 0.29) is 44.3 Å². The molecule has 1 aliphatic rings. The number of alkyl halides is 6. The number of rotatable bonds is 3. The molecule has 0 N–H and O–H groups in total. The Morgan fingerprint density at radius 1 is 0.500 bits per heavy atom. The first-order valence-corrected chi connectivity index (χ1v) is 13.3. The average molecular weight is 601 g/mol. The summed E-state index contributed by atoms with van der Waals surface area (Å²) in [4.78, 5) is 29.0. The van der Waals surface area contributed by atoms with Crippen molar-refractivity contribution >= 4 is 39.3 Å². The smallest absolute Gasteiger partial charge is 0.308 e. The average Bonchev–Trinajstić information content (AvgIpc) is 3.46. The Morgan fingerprint density at radius 3 is 1.61 bits per heavy atom. The van der Waals surface area contributed by atoms with E-state index in [2.05, 4.69) is 0 Å². The minimum Gasteiger partial charge on any atom is -0.308 e. The summed E-state index contributed by atoms with van der Waals surface area (Å²) in [6, 6.07) is 25.9. The summed E-state index contributed by atoms with van der Waals surface area (Å²) < 4.78 is 84.1. The molecule has 44 heavy (non-hydrogen) atoms. The molecule has 0 spiro atoms. The van der Waals surface area contributed by atoms with Gasteiger partial charge in [-0.3, -0.25) is 9.59 Å². The lowest BCUT2D eigenvalue weighted by Crippen LogP contribution is -2.30. The Hall–Kier alpha value is -5.38. The van der Waals surface area contributed by atoms with Crippen molar-refractivity contribution in [2.45, 2.75) is 12.4 Å². The van der Waals surface area contributed by atoms with E-state index in [0.29, 0.717) is 5.56 Å². The van der Waals surface area contributed by atoms with Gasteiger partial charge in [0.15, 0.2) is 0 Å². The van der Waals surface area contributed by atoms with Gasteiger partial charge in [0.05, 0.1) is 44.7 Å². The molecule has 0 bridgehead atoms. The Balaban J connectivity index is 1.50. The lowest BCUT2D eigenvalue weighted by atomic mass is 10.0. The van der Waals surface area contributed by atoms with Gasteiger partial charge in [-0.25, -0.2) is 4.90 Å². The second-order valence-corrected chi connectivity index (χ2v) is 10.3. The number of carbonyl (C=O) groups excluding carboxylic acids is 2. The summed E-state index contributed by atoms with van der Waals surface area (Å²) >= 11 is 0. The van der Waals surface area contributed by atoms with Gasteiger partial charge in [-0.15, -0.1) is 0 Å². The third kappa shape index (κ3) is 4.16. The monoisotopic (exact) mass is 600 g/mol. The number of hydrogen-bond donors (Lipinski definition) is 0. The van der Waals surface area contributed by atoms with E-state index in [1.54, 1.807) is 36.4 Å². The molecule has 0 radical (unpaired) electrons. The lowest BCUT2D eigenvalue weighted by molar-refractivity contribution is -0.138. The highest BCUT2D eigenvalue weighted by molar-refractivity contribution is 6.36. The van der Waals surface area contributed by atoms with Gasteiger partial charge in [-0.1, -0.05) is 66.7 Å². The molecular weight excluding hydrogens is 582 g/mol. The first kappa shape index (κ1) is 27.5. The first-order chi connectivity index (χ1) is 20.9. The molecule has 2 amide bonds. The van der Waals surface area contributed by atoms with Crippen LogP contribution in [0.4, 0.5) is 32.0 Å². The lowest BCUT2D eigenvalue weighted by Gasteiger charge is -2.19. The number of para-hydroxylation sites is 1. The fourth-order valence-corrected chi connectivity index (χ4v) is 5.83. The Labute approximate surface area is 245 Å². The zero-order valence-corrected chi connectivity index (χ0v) is 22.4. The van der Waals surface area contributed by atoms with E-state index < -0.39 is 35.3 Å². The number of aromatic nitrogens is 1. The van der Waals surface area contributed by atoms with Gasteiger partial charge in [0.1, 0.15) is 0 Å². The molecule has 0 aliphatic carbocycles. The molecule has 218 valence electrons. The quantitative estimate of drug-likeness (QED) is 0.150. The highest BCUT2D eigenvalue weighted by atomic mass is 19.4. The van der Waals surface area contributed by atoms with E-state index in [1.807, 2.05) is 18.2 Å². The second kappa shape index (κ2) is 9.57. The van der Waals surface area contributed by atoms with E-state index in [4.69, 9.17) is 0 Å². The molecule has 7 rings (SSSR count). The Kier molecular flexibility index (Phi) is 5.97. The number of carbonyl (C=O) groups is 2. The molecular formula is C34H18F6N2O2. The van der Waals surface area contributed by atoms with Crippen LogP contribution >= 0.6 is 0 Å². The van der Waals surface area contributed by atoms with E-state index in [9.17, 15) is 35.9 Å². The van der Waals surface area contributed by atoms with Crippen LogP contribution in [0.1, 0.15) is 31.8 Å². The number of benzene rings is 5. The summed E-state index contributed by atoms with van der Waals surface area (Å²) in [7, 11) is 0. The minimum atomic E-state index is -4.74. The highest BCUT2D eigenvalue weighted by Crippen LogP contribution is 2.43. The maximum Gasteiger partial charge on any atom is 0.416 e. The van der Waals surface area contributed by atoms with Crippen LogP contribution in [0, 0.1) is 0 Å². The van der Waals surface area contributed by atoms with Gasteiger partial charge in [-0.05, 0) is 48.0 Å². The van der Waals surface area contributed by atoms with E-state index in [0.717, 1.165) is 34.7 Å². The maximum absolute atomic E-state index is 14.2. The number of hydrogen-bond acceptors (Lipinski definition) is 2. The van der Waals surface area contributed by atoms with Crippen LogP contribution in [-0.4, -0.2) is 16.4 Å². The molecule has 6 aromatic rings. The van der Waals surface area contributed by atoms with Crippen LogP contribution in [0.5, 0.6) is 0 Å². The largest absolute Gasteiger partial charge is 0.416 e. The number of halogens is 6. The summed E-state index contributed by atoms with van der Waals surface area (Å²) in [5.41, 5.74) is -0.713.